The molecule has 2 aromatic rings. The highest BCUT2D eigenvalue weighted by atomic mass is 32.2. The highest BCUT2D eigenvalue weighted by Crippen LogP contribution is 2.44. The van der Waals surface area contributed by atoms with Crippen LogP contribution in [0.15, 0.2) is 53.4 Å². The Kier molecular flexibility index (Phi) is 7.18. The Morgan fingerprint density at radius 1 is 0.821 bits per heavy atom. The van der Waals surface area contributed by atoms with Gasteiger partial charge in [0.05, 0.1) is 10.3 Å². The third-order valence-electron chi connectivity index (χ3n) is 9.66. The van der Waals surface area contributed by atoms with Gasteiger partial charge in [-0.3, -0.25) is 9.69 Å². The van der Waals surface area contributed by atoms with Crippen LogP contribution in [0.25, 0.3) is 0 Å². The van der Waals surface area contributed by atoms with Crippen LogP contribution >= 0.6 is 0 Å². The number of rotatable bonds is 5. The second-order valence-electron chi connectivity index (χ2n) is 11.8. The number of sulfonamides is 1. The number of benzene rings is 2. The van der Waals surface area contributed by atoms with Crippen LogP contribution in [-0.2, 0) is 14.8 Å². The minimum absolute atomic E-state index is 0.0917. The van der Waals surface area contributed by atoms with Crippen LogP contribution in [-0.4, -0.2) is 74.9 Å². The van der Waals surface area contributed by atoms with E-state index in [4.69, 9.17) is 0 Å². The largest absolute Gasteiger partial charge is 0.370 e. The zero-order chi connectivity index (χ0) is 27.2. The van der Waals surface area contributed by atoms with Gasteiger partial charge in [-0.2, -0.15) is 4.31 Å². The van der Waals surface area contributed by atoms with E-state index in [0.717, 1.165) is 25.2 Å². The number of piperidine rings is 2. The molecule has 2 atom stereocenters. The molecule has 4 saturated heterocycles. The predicted molar refractivity (Wildman–Crippen MR) is 151 cm³/mol. The molecule has 0 bridgehead atoms. The molecule has 0 N–H and O–H groups in total. The van der Waals surface area contributed by atoms with Crippen molar-refractivity contribution in [3.05, 3.63) is 54.3 Å². The molecule has 6 rings (SSSR count). The smallest absolute Gasteiger partial charge is 0.243 e. The molecule has 1 spiro atoms. The van der Waals surface area contributed by atoms with Gasteiger partial charge in [-0.05, 0) is 101 Å². The topological polar surface area (TPSA) is 64.2 Å². The lowest BCUT2D eigenvalue weighted by atomic mass is 9.77. The first-order valence-electron chi connectivity index (χ1n) is 14.5. The van der Waals surface area contributed by atoms with Crippen LogP contribution in [0.2, 0.25) is 0 Å². The first kappa shape index (κ1) is 26.7. The van der Waals surface area contributed by atoms with E-state index in [-0.39, 0.29) is 10.8 Å². The third kappa shape index (κ3) is 4.98. The van der Waals surface area contributed by atoms with Crippen LogP contribution in [0.1, 0.15) is 51.9 Å². The maximum absolute atomic E-state index is 13.6. The van der Waals surface area contributed by atoms with Crippen molar-refractivity contribution in [3.63, 3.8) is 0 Å². The average Bonchev–Trinajstić information content (AvgIpc) is 3.55. The molecule has 2 aromatic carbocycles. The zero-order valence-corrected chi connectivity index (χ0v) is 23.6. The van der Waals surface area contributed by atoms with Crippen LogP contribution < -0.4 is 9.80 Å². The number of anilines is 2. The van der Waals surface area contributed by atoms with Crippen molar-refractivity contribution in [2.45, 2.75) is 68.8 Å². The Bertz CT molecular complexity index is 1290. The van der Waals surface area contributed by atoms with Crippen molar-refractivity contribution in [2.75, 3.05) is 49.1 Å². The highest BCUT2D eigenvalue weighted by Gasteiger charge is 2.50. The van der Waals surface area contributed by atoms with Gasteiger partial charge in [0.15, 0.2) is 0 Å². The molecule has 0 aromatic heterocycles. The fraction of sp³-hybridized carbons (Fsp3) is 0.567. The van der Waals surface area contributed by atoms with E-state index in [1.807, 2.05) is 4.90 Å². The van der Waals surface area contributed by atoms with Crippen LogP contribution in [0.5, 0.6) is 0 Å². The van der Waals surface area contributed by atoms with Crippen molar-refractivity contribution < 1.29 is 17.6 Å². The summed E-state index contributed by atoms with van der Waals surface area (Å²) >= 11 is 0. The van der Waals surface area contributed by atoms with E-state index in [1.165, 1.54) is 66.5 Å². The van der Waals surface area contributed by atoms with Gasteiger partial charge in [0, 0.05) is 56.2 Å². The Balaban J connectivity index is 1.07. The molecule has 1 amide bonds. The maximum Gasteiger partial charge on any atom is 0.243 e. The van der Waals surface area contributed by atoms with Crippen molar-refractivity contribution in [1.82, 2.24) is 9.21 Å². The lowest BCUT2D eigenvalue weighted by Crippen LogP contribution is -2.46. The molecule has 7 nitrogen and oxygen atoms in total. The SMILES string of the molecule is C[C@H]1CCCCN1[C@H]1CCN(c2ccc(N3CCC4(CCN(S(=O)(=O)c5ccc(F)cc5)CC4)C3=O)cc2)C1. The summed E-state index contributed by atoms with van der Waals surface area (Å²) in [5, 5.41) is 0. The van der Waals surface area contributed by atoms with Gasteiger partial charge in [-0.25, -0.2) is 12.8 Å². The molecular weight excluding hydrogens is 515 g/mol. The van der Waals surface area contributed by atoms with E-state index < -0.39 is 21.3 Å². The molecule has 4 aliphatic rings. The predicted octanol–water partition coefficient (Wildman–Crippen LogP) is 4.49. The molecule has 4 aliphatic heterocycles. The van der Waals surface area contributed by atoms with Crippen LogP contribution in [0, 0.1) is 11.2 Å². The molecule has 4 heterocycles. The van der Waals surface area contributed by atoms with Gasteiger partial charge in [-0.1, -0.05) is 6.42 Å². The molecule has 0 radical (unpaired) electrons. The minimum atomic E-state index is -3.70. The summed E-state index contributed by atoms with van der Waals surface area (Å²) in [6, 6.07) is 14.7. The summed E-state index contributed by atoms with van der Waals surface area (Å²) in [4.78, 5) is 20.8. The number of halogens is 1. The summed E-state index contributed by atoms with van der Waals surface area (Å²) in [6.07, 6.45) is 6.91. The maximum atomic E-state index is 13.6. The van der Waals surface area contributed by atoms with Gasteiger partial charge >= 0.3 is 0 Å². The second-order valence-corrected chi connectivity index (χ2v) is 13.8. The molecule has 9 heteroatoms. The summed E-state index contributed by atoms with van der Waals surface area (Å²) in [5.41, 5.74) is 1.62. The number of carbonyl (C=O) groups is 1. The fourth-order valence-electron chi connectivity index (χ4n) is 7.19. The summed E-state index contributed by atoms with van der Waals surface area (Å²) < 4.78 is 40.8. The summed E-state index contributed by atoms with van der Waals surface area (Å²) in [5.74, 6) is -0.359. The highest BCUT2D eigenvalue weighted by molar-refractivity contribution is 7.89. The molecular formula is C30H39FN4O3S. The number of nitrogens with zero attached hydrogens (tertiary/aromatic N) is 4. The number of amides is 1. The van der Waals surface area contributed by atoms with E-state index in [1.54, 1.807) is 0 Å². The summed E-state index contributed by atoms with van der Waals surface area (Å²) in [7, 11) is -3.70. The molecule has 39 heavy (non-hydrogen) atoms. The van der Waals surface area contributed by atoms with E-state index in [0.29, 0.717) is 44.6 Å². The monoisotopic (exact) mass is 554 g/mol. The zero-order valence-electron chi connectivity index (χ0n) is 22.8. The van der Waals surface area contributed by atoms with Crippen molar-refractivity contribution in [1.29, 1.82) is 0 Å². The Hall–Kier alpha value is -2.49. The second kappa shape index (κ2) is 10.5. The first-order chi connectivity index (χ1) is 18.8. The lowest BCUT2D eigenvalue weighted by Gasteiger charge is -2.38. The van der Waals surface area contributed by atoms with Gasteiger partial charge in [0.2, 0.25) is 15.9 Å². The molecule has 0 saturated carbocycles. The van der Waals surface area contributed by atoms with E-state index in [9.17, 15) is 17.6 Å². The van der Waals surface area contributed by atoms with Crippen molar-refractivity contribution in [3.8, 4) is 0 Å². The first-order valence-corrected chi connectivity index (χ1v) is 15.9. The Labute approximate surface area is 231 Å². The molecule has 4 fully saturated rings. The normalized spacial score (nSPS) is 26.6. The fourth-order valence-corrected chi connectivity index (χ4v) is 8.64. The van der Waals surface area contributed by atoms with Gasteiger partial charge in [-0.15, -0.1) is 0 Å². The number of hydrogen-bond donors (Lipinski definition) is 0. The molecule has 0 aliphatic carbocycles. The molecule has 0 unspecified atom stereocenters. The van der Waals surface area contributed by atoms with Gasteiger partial charge in [0.1, 0.15) is 5.82 Å². The van der Waals surface area contributed by atoms with Gasteiger partial charge < -0.3 is 9.80 Å². The molecule has 210 valence electrons. The van der Waals surface area contributed by atoms with E-state index >= 15 is 0 Å². The number of hydrogen-bond acceptors (Lipinski definition) is 5. The van der Waals surface area contributed by atoms with Crippen molar-refractivity contribution >= 4 is 27.3 Å². The van der Waals surface area contributed by atoms with E-state index in [2.05, 4.69) is 41.0 Å². The Morgan fingerprint density at radius 3 is 2.18 bits per heavy atom. The third-order valence-corrected chi connectivity index (χ3v) is 11.6. The average molecular weight is 555 g/mol. The quantitative estimate of drug-likeness (QED) is 0.545. The Morgan fingerprint density at radius 2 is 1.49 bits per heavy atom. The van der Waals surface area contributed by atoms with Crippen LogP contribution in [0.3, 0.4) is 0 Å². The van der Waals surface area contributed by atoms with Crippen LogP contribution in [0.4, 0.5) is 15.8 Å². The lowest BCUT2D eigenvalue weighted by molar-refractivity contribution is -0.127. The minimum Gasteiger partial charge on any atom is -0.370 e. The van der Waals surface area contributed by atoms with Gasteiger partial charge in [0.25, 0.3) is 0 Å². The van der Waals surface area contributed by atoms with Crippen molar-refractivity contribution in [2.24, 2.45) is 5.41 Å². The summed E-state index contributed by atoms with van der Waals surface area (Å²) in [6.45, 7) is 6.96. The number of carbonyl (C=O) groups excluding carboxylic acids is 1. The number of likely N-dealkylation sites (tertiary alicyclic amines) is 1. The standard InChI is InChI=1S/C30H39FN4O3S/c1-23-4-2-3-17-34(23)27-13-18-32(22-27)25-7-9-26(10-8-25)35-21-16-30(29(35)36)14-19-33(20-15-30)39(37,38)28-11-5-24(31)6-12-28/h5-12,23,27H,2-4,13-22H2,1H3/t23-,27-/m0/s1.